The van der Waals surface area contributed by atoms with E-state index in [1.807, 2.05) is 18.2 Å². The van der Waals surface area contributed by atoms with Gasteiger partial charge >= 0.3 is 0 Å². The molecule has 0 saturated carbocycles. The van der Waals surface area contributed by atoms with E-state index in [0.29, 0.717) is 0 Å². The highest BCUT2D eigenvalue weighted by molar-refractivity contribution is 5.67. The third-order valence-electron chi connectivity index (χ3n) is 3.44. The molecular formula is C18H22O2. The standard InChI is InChI=1S/C18H22O2/c1-18(2,3)15-8-6-13(7-9-15)14-10-16(19-4)12-17(11-14)20-5/h6-12H,1-5H3. The molecule has 106 valence electrons. The maximum absolute atomic E-state index is 5.32. The molecule has 0 aliphatic heterocycles. The normalized spacial score (nSPS) is 11.2. The third-order valence-corrected chi connectivity index (χ3v) is 3.44. The Kier molecular flexibility index (Phi) is 4.03. The predicted octanol–water partition coefficient (Wildman–Crippen LogP) is 4.67. The van der Waals surface area contributed by atoms with Crippen molar-refractivity contribution in [3.63, 3.8) is 0 Å². The van der Waals surface area contributed by atoms with Crippen LogP contribution in [0, 0.1) is 0 Å². The minimum atomic E-state index is 0.171. The van der Waals surface area contributed by atoms with Crippen molar-refractivity contribution in [1.82, 2.24) is 0 Å². The van der Waals surface area contributed by atoms with Gasteiger partial charge in [0, 0.05) is 6.07 Å². The lowest BCUT2D eigenvalue weighted by Crippen LogP contribution is -2.10. The van der Waals surface area contributed by atoms with Crippen LogP contribution < -0.4 is 9.47 Å². The molecule has 0 N–H and O–H groups in total. The molecule has 0 heterocycles. The first kappa shape index (κ1) is 14.4. The van der Waals surface area contributed by atoms with E-state index in [2.05, 4.69) is 45.0 Å². The van der Waals surface area contributed by atoms with Gasteiger partial charge < -0.3 is 9.47 Å². The fourth-order valence-corrected chi connectivity index (χ4v) is 2.14. The lowest BCUT2D eigenvalue weighted by atomic mass is 9.86. The van der Waals surface area contributed by atoms with Gasteiger partial charge in [0.15, 0.2) is 0 Å². The van der Waals surface area contributed by atoms with Crippen LogP contribution in [0.25, 0.3) is 11.1 Å². The molecule has 0 saturated heterocycles. The summed E-state index contributed by atoms with van der Waals surface area (Å²) in [5.74, 6) is 1.61. The van der Waals surface area contributed by atoms with Crippen LogP contribution in [0.15, 0.2) is 42.5 Å². The summed E-state index contributed by atoms with van der Waals surface area (Å²) >= 11 is 0. The molecule has 0 aromatic heterocycles. The molecule has 0 radical (unpaired) electrons. The Morgan fingerprint density at radius 3 is 1.60 bits per heavy atom. The molecule has 2 rings (SSSR count). The van der Waals surface area contributed by atoms with E-state index in [1.54, 1.807) is 14.2 Å². The van der Waals surface area contributed by atoms with E-state index < -0.39 is 0 Å². The molecular weight excluding hydrogens is 248 g/mol. The molecule has 2 nitrogen and oxygen atoms in total. The molecule has 20 heavy (non-hydrogen) atoms. The summed E-state index contributed by atoms with van der Waals surface area (Å²) in [6, 6.07) is 14.6. The van der Waals surface area contributed by atoms with Crippen molar-refractivity contribution < 1.29 is 9.47 Å². The SMILES string of the molecule is COc1cc(OC)cc(-c2ccc(C(C)(C)C)cc2)c1. The second kappa shape index (κ2) is 5.58. The van der Waals surface area contributed by atoms with Crippen molar-refractivity contribution in [2.75, 3.05) is 14.2 Å². The van der Waals surface area contributed by atoms with Crippen molar-refractivity contribution in [1.29, 1.82) is 0 Å². The maximum Gasteiger partial charge on any atom is 0.123 e. The molecule has 2 heteroatoms. The first-order valence-electron chi connectivity index (χ1n) is 6.78. The zero-order valence-electron chi connectivity index (χ0n) is 12.9. The molecule has 0 aliphatic carbocycles. The first-order valence-corrected chi connectivity index (χ1v) is 6.78. The van der Waals surface area contributed by atoms with E-state index in [1.165, 1.54) is 5.56 Å². The smallest absolute Gasteiger partial charge is 0.123 e. The van der Waals surface area contributed by atoms with Gasteiger partial charge in [-0.25, -0.2) is 0 Å². The highest BCUT2D eigenvalue weighted by atomic mass is 16.5. The summed E-state index contributed by atoms with van der Waals surface area (Å²) in [4.78, 5) is 0. The molecule has 0 unspecified atom stereocenters. The van der Waals surface area contributed by atoms with Crippen LogP contribution in [0.2, 0.25) is 0 Å². The lowest BCUT2D eigenvalue weighted by Gasteiger charge is -2.19. The summed E-state index contributed by atoms with van der Waals surface area (Å²) < 4.78 is 10.6. The van der Waals surface area contributed by atoms with Crippen LogP contribution in [-0.4, -0.2) is 14.2 Å². The van der Waals surface area contributed by atoms with Crippen molar-refractivity contribution in [3.05, 3.63) is 48.0 Å². The Balaban J connectivity index is 2.41. The Hall–Kier alpha value is -1.96. The van der Waals surface area contributed by atoms with Gasteiger partial charge in [-0.15, -0.1) is 0 Å². The fourth-order valence-electron chi connectivity index (χ4n) is 2.14. The number of benzene rings is 2. The van der Waals surface area contributed by atoms with Gasteiger partial charge in [-0.05, 0) is 34.2 Å². The molecule has 0 amide bonds. The summed E-state index contributed by atoms with van der Waals surface area (Å²) in [6.45, 7) is 6.66. The zero-order chi connectivity index (χ0) is 14.8. The van der Waals surface area contributed by atoms with Crippen LogP contribution in [0.3, 0.4) is 0 Å². The average Bonchev–Trinajstić information content (AvgIpc) is 2.46. The topological polar surface area (TPSA) is 18.5 Å². The monoisotopic (exact) mass is 270 g/mol. The first-order chi connectivity index (χ1) is 9.44. The predicted molar refractivity (Wildman–Crippen MR) is 83.7 cm³/mol. The van der Waals surface area contributed by atoms with Crippen LogP contribution in [0.1, 0.15) is 26.3 Å². The number of methoxy groups -OCH3 is 2. The number of hydrogen-bond acceptors (Lipinski definition) is 2. The minimum absolute atomic E-state index is 0.171. The van der Waals surface area contributed by atoms with Crippen LogP contribution >= 0.6 is 0 Å². The summed E-state index contributed by atoms with van der Waals surface area (Å²) in [6.07, 6.45) is 0. The van der Waals surface area contributed by atoms with Crippen LogP contribution in [-0.2, 0) is 5.41 Å². The van der Waals surface area contributed by atoms with Crippen molar-refractivity contribution in [2.24, 2.45) is 0 Å². The second-order valence-electron chi connectivity index (χ2n) is 5.93. The maximum atomic E-state index is 5.32. The molecule has 2 aromatic rings. The number of hydrogen-bond donors (Lipinski definition) is 0. The summed E-state index contributed by atoms with van der Waals surface area (Å²) in [5, 5.41) is 0. The molecule has 0 spiro atoms. The summed E-state index contributed by atoms with van der Waals surface area (Å²) in [7, 11) is 3.34. The van der Waals surface area contributed by atoms with Crippen molar-refractivity contribution in [3.8, 4) is 22.6 Å². The highest BCUT2D eigenvalue weighted by Crippen LogP contribution is 2.31. The fraction of sp³-hybridized carbons (Fsp3) is 0.333. The number of ether oxygens (including phenoxy) is 2. The largest absolute Gasteiger partial charge is 0.497 e. The zero-order valence-corrected chi connectivity index (χ0v) is 12.9. The van der Waals surface area contributed by atoms with Crippen molar-refractivity contribution >= 4 is 0 Å². The van der Waals surface area contributed by atoms with E-state index in [0.717, 1.165) is 22.6 Å². The van der Waals surface area contributed by atoms with Gasteiger partial charge in [0.2, 0.25) is 0 Å². The van der Waals surface area contributed by atoms with E-state index in [-0.39, 0.29) is 5.41 Å². The van der Waals surface area contributed by atoms with Crippen LogP contribution in [0.4, 0.5) is 0 Å². The summed E-state index contributed by atoms with van der Waals surface area (Å²) in [5.41, 5.74) is 3.76. The van der Waals surface area contributed by atoms with Gasteiger partial charge in [0.1, 0.15) is 11.5 Å². The van der Waals surface area contributed by atoms with E-state index >= 15 is 0 Å². The quantitative estimate of drug-likeness (QED) is 0.807. The molecule has 0 bridgehead atoms. The van der Waals surface area contributed by atoms with Gasteiger partial charge in [-0.1, -0.05) is 45.0 Å². The van der Waals surface area contributed by atoms with Gasteiger partial charge in [-0.3, -0.25) is 0 Å². The Labute approximate surface area is 121 Å². The second-order valence-corrected chi connectivity index (χ2v) is 5.93. The molecule has 0 fully saturated rings. The molecule has 0 aliphatic rings. The van der Waals surface area contributed by atoms with Crippen LogP contribution in [0.5, 0.6) is 11.5 Å². The third kappa shape index (κ3) is 3.13. The van der Waals surface area contributed by atoms with Gasteiger partial charge in [0.05, 0.1) is 14.2 Å². The van der Waals surface area contributed by atoms with Gasteiger partial charge in [-0.2, -0.15) is 0 Å². The Morgan fingerprint density at radius 2 is 1.20 bits per heavy atom. The lowest BCUT2D eigenvalue weighted by molar-refractivity contribution is 0.394. The molecule has 2 aromatic carbocycles. The highest BCUT2D eigenvalue weighted by Gasteiger charge is 2.13. The minimum Gasteiger partial charge on any atom is -0.497 e. The van der Waals surface area contributed by atoms with Gasteiger partial charge in [0.25, 0.3) is 0 Å². The van der Waals surface area contributed by atoms with Crippen molar-refractivity contribution in [2.45, 2.75) is 26.2 Å². The Morgan fingerprint density at radius 1 is 0.700 bits per heavy atom. The average molecular weight is 270 g/mol. The van der Waals surface area contributed by atoms with E-state index in [4.69, 9.17) is 9.47 Å². The Bertz CT molecular complexity index is 555. The number of rotatable bonds is 3. The van der Waals surface area contributed by atoms with E-state index in [9.17, 15) is 0 Å². The molecule has 0 atom stereocenters.